The van der Waals surface area contributed by atoms with Crippen LogP contribution in [-0.2, 0) is 20.7 Å². The van der Waals surface area contributed by atoms with E-state index in [1.165, 1.54) is 5.56 Å². The van der Waals surface area contributed by atoms with Crippen molar-refractivity contribution in [2.45, 2.75) is 57.6 Å². The molecule has 3 rings (SSSR count). The molecule has 2 unspecified atom stereocenters. The number of amides is 1. The van der Waals surface area contributed by atoms with E-state index in [0.717, 1.165) is 30.4 Å². The molecule has 27 heavy (non-hydrogen) atoms. The van der Waals surface area contributed by atoms with Crippen molar-refractivity contribution in [1.82, 2.24) is 5.32 Å². The minimum absolute atomic E-state index is 0.0200. The number of ether oxygens (including phenoxy) is 1. The highest BCUT2D eigenvalue weighted by molar-refractivity contribution is 5.85. The zero-order valence-corrected chi connectivity index (χ0v) is 16.0. The second kappa shape index (κ2) is 8.85. The first-order valence-electron chi connectivity index (χ1n) is 9.67. The molecule has 2 aromatic rings. The van der Waals surface area contributed by atoms with E-state index >= 15 is 0 Å². The highest BCUT2D eigenvalue weighted by atomic mass is 16.5. The molecule has 4 heteroatoms. The van der Waals surface area contributed by atoms with Gasteiger partial charge in [-0.3, -0.25) is 9.59 Å². The second-order valence-corrected chi connectivity index (χ2v) is 7.36. The van der Waals surface area contributed by atoms with E-state index in [4.69, 9.17) is 4.74 Å². The van der Waals surface area contributed by atoms with Crippen LogP contribution < -0.4 is 5.32 Å². The van der Waals surface area contributed by atoms with E-state index in [0.29, 0.717) is 0 Å². The zero-order valence-electron chi connectivity index (χ0n) is 16.0. The van der Waals surface area contributed by atoms with Crippen LogP contribution in [0.25, 0.3) is 0 Å². The maximum absolute atomic E-state index is 13.1. The van der Waals surface area contributed by atoms with Gasteiger partial charge in [0.25, 0.3) is 0 Å². The minimum Gasteiger partial charge on any atom is -0.463 e. The van der Waals surface area contributed by atoms with Crippen molar-refractivity contribution in [3.05, 3.63) is 71.3 Å². The highest BCUT2D eigenvalue weighted by Crippen LogP contribution is 2.32. The van der Waals surface area contributed by atoms with Crippen LogP contribution in [0.5, 0.6) is 0 Å². The summed E-state index contributed by atoms with van der Waals surface area (Å²) < 4.78 is 5.30. The Morgan fingerprint density at radius 2 is 1.78 bits per heavy atom. The molecular formula is C23H27NO3. The average molecular weight is 365 g/mol. The number of carbonyl (C=O) groups is 2. The molecule has 4 nitrogen and oxygen atoms in total. The quantitative estimate of drug-likeness (QED) is 0.776. The standard InChI is InChI=1S/C23H27NO3/c1-16(2)27-22(25)15-21(18-10-4-3-5-11-18)24-23(26)20-14-8-12-17-9-6-7-13-19(17)20/h3-7,9-11,13,16,20-21H,8,12,14-15H2,1-2H3,(H,24,26). The van der Waals surface area contributed by atoms with Gasteiger partial charge < -0.3 is 10.1 Å². The van der Waals surface area contributed by atoms with Gasteiger partial charge in [0, 0.05) is 0 Å². The topological polar surface area (TPSA) is 55.4 Å². The van der Waals surface area contributed by atoms with Gasteiger partial charge in [-0.25, -0.2) is 0 Å². The van der Waals surface area contributed by atoms with E-state index in [1.54, 1.807) is 0 Å². The highest BCUT2D eigenvalue weighted by Gasteiger charge is 2.29. The fraction of sp³-hybridized carbons (Fsp3) is 0.391. The molecule has 0 aromatic heterocycles. The number of rotatable bonds is 6. The number of hydrogen-bond donors (Lipinski definition) is 1. The third-order valence-corrected chi connectivity index (χ3v) is 4.94. The number of fused-ring (bicyclic) bond motifs is 1. The molecule has 0 spiro atoms. The lowest BCUT2D eigenvalue weighted by Crippen LogP contribution is -2.35. The number of carbonyl (C=O) groups excluding carboxylic acids is 2. The molecule has 1 aliphatic carbocycles. The lowest BCUT2D eigenvalue weighted by atomic mass is 9.82. The molecule has 1 aliphatic rings. The van der Waals surface area contributed by atoms with Crippen LogP contribution in [0.15, 0.2) is 54.6 Å². The Kier molecular flexibility index (Phi) is 6.28. The van der Waals surface area contributed by atoms with Crippen LogP contribution in [0.1, 0.15) is 61.8 Å². The Morgan fingerprint density at radius 3 is 2.52 bits per heavy atom. The molecule has 0 saturated carbocycles. The van der Waals surface area contributed by atoms with Crippen molar-refractivity contribution in [3.63, 3.8) is 0 Å². The van der Waals surface area contributed by atoms with Crippen molar-refractivity contribution in [1.29, 1.82) is 0 Å². The summed E-state index contributed by atoms with van der Waals surface area (Å²) in [7, 11) is 0. The molecule has 0 heterocycles. The van der Waals surface area contributed by atoms with E-state index in [9.17, 15) is 9.59 Å². The van der Waals surface area contributed by atoms with Gasteiger partial charge >= 0.3 is 5.97 Å². The van der Waals surface area contributed by atoms with Crippen LogP contribution in [0, 0.1) is 0 Å². The number of nitrogens with one attached hydrogen (secondary N) is 1. The summed E-state index contributed by atoms with van der Waals surface area (Å²) in [6, 6.07) is 17.4. The maximum atomic E-state index is 13.1. The van der Waals surface area contributed by atoms with E-state index in [1.807, 2.05) is 62.4 Å². The summed E-state index contributed by atoms with van der Waals surface area (Å²) in [6.45, 7) is 3.65. The predicted octanol–water partition coefficient (Wildman–Crippen LogP) is 4.31. The van der Waals surface area contributed by atoms with Crippen LogP contribution in [0.4, 0.5) is 0 Å². The molecule has 1 amide bonds. The fourth-order valence-corrected chi connectivity index (χ4v) is 3.71. The maximum Gasteiger partial charge on any atom is 0.308 e. The van der Waals surface area contributed by atoms with E-state index in [2.05, 4.69) is 11.4 Å². The molecule has 1 N–H and O–H groups in total. The lowest BCUT2D eigenvalue weighted by molar-refractivity contribution is -0.148. The Hall–Kier alpha value is -2.62. The van der Waals surface area contributed by atoms with Gasteiger partial charge in [0.05, 0.1) is 24.5 Å². The number of esters is 1. The summed E-state index contributed by atoms with van der Waals surface area (Å²) in [4.78, 5) is 25.3. The molecule has 0 saturated heterocycles. The summed E-state index contributed by atoms with van der Waals surface area (Å²) in [5.74, 6) is -0.487. The molecule has 0 radical (unpaired) electrons. The fourth-order valence-electron chi connectivity index (χ4n) is 3.71. The monoisotopic (exact) mass is 365 g/mol. The van der Waals surface area contributed by atoms with Gasteiger partial charge in [-0.1, -0.05) is 54.6 Å². The van der Waals surface area contributed by atoms with Crippen molar-refractivity contribution in [2.24, 2.45) is 0 Å². The Morgan fingerprint density at radius 1 is 1.07 bits per heavy atom. The summed E-state index contributed by atoms with van der Waals surface area (Å²) >= 11 is 0. The minimum atomic E-state index is -0.390. The van der Waals surface area contributed by atoms with Gasteiger partial charge in [0.1, 0.15) is 0 Å². The van der Waals surface area contributed by atoms with Crippen LogP contribution in [0.2, 0.25) is 0 Å². The number of hydrogen-bond acceptors (Lipinski definition) is 3. The molecule has 0 fully saturated rings. The van der Waals surface area contributed by atoms with Crippen molar-refractivity contribution in [3.8, 4) is 0 Å². The normalized spacial score (nSPS) is 17.1. The number of aryl methyl sites for hydroxylation is 1. The first-order chi connectivity index (χ1) is 13.0. The summed E-state index contributed by atoms with van der Waals surface area (Å²) in [6.07, 6.45) is 2.81. The van der Waals surface area contributed by atoms with E-state index < -0.39 is 0 Å². The molecule has 2 atom stereocenters. The first kappa shape index (κ1) is 19.2. The zero-order chi connectivity index (χ0) is 19.2. The molecular weight excluding hydrogens is 338 g/mol. The van der Waals surface area contributed by atoms with Gasteiger partial charge in [0.15, 0.2) is 0 Å². The van der Waals surface area contributed by atoms with Gasteiger partial charge in [0.2, 0.25) is 5.91 Å². The summed E-state index contributed by atoms with van der Waals surface area (Å²) in [5, 5.41) is 3.11. The molecule has 0 bridgehead atoms. The van der Waals surface area contributed by atoms with Crippen molar-refractivity contribution < 1.29 is 14.3 Å². The predicted molar refractivity (Wildman–Crippen MR) is 105 cm³/mol. The van der Waals surface area contributed by atoms with E-state index in [-0.39, 0.29) is 36.4 Å². The third kappa shape index (κ3) is 4.97. The smallest absolute Gasteiger partial charge is 0.308 e. The molecule has 2 aromatic carbocycles. The van der Waals surface area contributed by atoms with Gasteiger partial charge in [-0.15, -0.1) is 0 Å². The SMILES string of the molecule is CC(C)OC(=O)CC(NC(=O)C1CCCc2ccccc21)c1ccccc1. The van der Waals surface area contributed by atoms with Gasteiger partial charge in [-0.2, -0.15) is 0 Å². The summed E-state index contributed by atoms with van der Waals surface area (Å²) in [5.41, 5.74) is 3.27. The third-order valence-electron chi connectivity index (χ3n) is 4.94. The van der Waals surface area contributed by atoms with Crippen molar-refractivity contribution in [2.75, 3.05) is 0 Å². The molecule has 142 valence electrons. The van der Waals surface area contributed by atoms with Crippen LogP contribution >= 0.6 is 0 Å². The van der Waals surface area contributed by atoms with Crippen molar-refractivity contribution >= 4 is 11.9 Å². The molecule has 0 aliphatic heterocycles. The van der Waals surface area contributed by atoms with Crippen LogP contribution in [-0.4, -0.2) is 18.0 Å². The Bertz CT molecular complexity index is 785. The first-order valence-corrected chi connectivity index (χ1v) is 9.67. The average Bonchev–Trinajstić information content (AvgIpc) is 2.67. The second-order valence-electron chi connectivity index (χ2n) is 7.36. The number of benzene rings is 2. The Labute approximate surface area is 160 Å². The van der Waals surface area contributed by atoms with Gasteiger partial charge in [-0.05, 0) is 49.8 Å². The largest absolute Gasteiger partial charge is 0.463 e. The van der Waals surface area contributed by atoms with Crippen LogP contribution in [0.3, 0.4) is 0 Å². The Balaban J connectivity index is 1.78. The lowest BCUT2D eigenvalue weighted by Gasteiger charge is -2.27.